The SMILES string of the molecule is O=C1COCC2c3ccccc3CN12. The van der Waals surface area contributed by atoms with Crippen molar-refractivity contribution in [3.63, 3.8) is 0 Å². The minimum Gasteiger partial charge on any atom is -0.369 e. The molecule has 1 aromatic carbocycles. The molecule has 3 heteroatoms. The number of ether oxygens (including phenoxy) is 1. The van der Waals surface area contributed by atoms with Crippen LogP contribution in [0, 0.1) is 0 Å². The predicted molar refractivity (Wildman–Crippen MR) is 50.6 cm³/mol. The topological polar surface area (TPSA) is 29.5 Å². The lowest BCUT2D eigenvalue weighted by Crippen LogP contribution is -2.39. The smallest absolute Gasteiger partial charge is 0.249 e. The van der Waals surface area contributed by atoms with Crippen molar-refractivity contribution in [2.75, 3.05) is 13.2 Å². The van der Waals surface area contributed by atoms with Crippen LogP contribution in [0.5, 0.6) is 0 Å². The standard InChI is InChI=1S/C11H11NO2/c13-11-7-14-6-10-9-4-2-1-3-8(9)5-12(10)11/h1-4,10H,5-7H2. The summed E-state index contributed by atoms with van der Waals surface area (Å²) in [5, 5.41) is 0. The number of hydrogen-bond donors (Lipinski definition) is 0. The van der Waals surface area contributed by atoms with Crippen molar-refractivity contribution in [3.05, 3.63) is 35.4 Å². The van der Waals surface area contributed by atoms with Crippen LogP contribution >= 0.6 is 0 Å². The molecular weight excluding hydrogens is 178 g/mol. The fourth-order valence-electron chi connectivity index (χ4n) is 2.25. The number of nitrogens with zero attached hydrogens (tertiary/aromatic N) is 1. The molecule has 0 radical (unpaired) electrons. The van der Waals surface area contributed by atoms with E-state index in [1.807, 2.05) is 17.0 Å². The number of rotatable bonds is 0. The van der Waals surface area contributed by atoms with Crippen LogP contribution in [0.1, 0.15) is 17.2 Å². The summed E-state index contributed by atoms with van der Waals surface area (Å²) in [5.74, 6) is 0.109. The summed E-state index contributed by atoms with van der Waals surface area (Å²) in [4.78, 5) is 13.5. The third kappa shape index (κ3) is 0.990. The highest BCUT2D eigenvalue weighted by atomic mass is 16.5. The average Bonchev–Trinajstić information content (AvgIpc) is 2.59. The molecule has 72 valence electrons. The number of hydrogen-bond acceptors (Lipinski definition) is 2. The molecule has 2 aliphatic rings. The molecule has 3 nitrogen and oxygen atoms in total. The van der Waals surface area contributed by atoms with E-state index in [2.05, 4.69) is 12.1 Å². The van der Waals surface area contributed by atoms with Crippen LogP contribution in [-0.2, 0) is 16.1 Å². The summed E-state index contributed by atoms with van der Waals surface area (Å²) < 4.78 is 5.26. The van der Waals surface area contributed by atoms with Gasteiger partial charge in [-0.25, -0.2) is 0 Å². The average molecular weight is 189 g/mol. The number of fused-ring (bicyclic) bond motifs is 3. The Kier molecular flexibility index (Phi) is 1.61. The second-order valence-electron chi connectivity index (χ2n) is 3.75. The lowest BCUT2D eigenvalue weighted by Gasteiger charge is -2.29. The van der Waals surface area contributed by atoms with Gasteiger partial charge in [0.05, 0.1) is 12.6 Å². The Hall–Kier alpha value is -1.35. The van der Waals surface area contributed by atoms with E-state index in [9.17, 15) is 4.79 Å². The molecular formula is C11H11NO2. The molecule has 1 amide bonds. The van der Waals surface area contributed by atoms with Gasteiger partial charge in [-0.2, -0.15) is 0 Å². The van der Waals surface area contributed by atoms with Crippen molar-refractivity contribution >= 4 is 5.91 Å². The molecule has 1 aromatic rings. The first kappa shape index (κ1) is 8.00. The second-order valence-corrected chi connectivity index (χ2v) is 3.75. The zero-order valence-electron chi connectivity index (χ0n) is 7.77. The van der Waals surface area contributed by atoms with Crippen LogP contribution < -0.4 is 0 Å². The van der Waals surface area contributed by atoms with Gasteiger partial charge in [0, 0.05) is 6.54 Å². The summed E-state index contributed by atoms with van der Waals surface area (Å²) >= 11 is 0. The van der Waals surface area contributed by atoms with Crippen LogP contribution in [0.4, 0.5) is 0 Å². The fourth-order valence-corrected chi connectivity index (χ4v) is 2.25. The van der Waals surface area contributed by atoms with Gasteiger partial charge < -0.3 is 9.64 Å². The first-order chi connectivity index (χ1) is 6.86. The van der Waals surface area contributed by atoms with Gasteiger partial charge in [0.15, 0.2) is 0 Å². The van der Waals surface area contributed by atoms with Crippen LogP contribution in [0.2, 0.25) is 0 Å². The lowest BCUT2D eigenvalue weighted by molar-refractivity contribution is -0.147. The van der Waals surface area contributed by atoms with Crippen LogP contribution in [0.25, 0.3) is 0 Å². The monoisotopic (exact) mass is 189 g/mol. The molecule has 2 heterocycles. The quantitative estimate of drug-likeness (QED) is 0.611. The Bertz CT molecular complexity index is 389. The number of morpholine rings is 1. The van der Waals surface area contributed by atoms with Gasteiger partial charge in [-0.05, 0) is 11.1 Å². The Balaban J connectivity index is 2.04. The lowest BCUT2D eigenvalue weighted by atomic mass is 10.1. The minimum absolute atomic E-state index is 0.109. The van der Waals surface area contributed by atoms with Crippen molar-refractivity contribution < 1.29 is 9.53 Å². The predicted octanol–water partition coefficient (Wildman–Crippen LogP) is 1.10. The molecule has 1 atom stereocenters. The first-order valence-corrected chi connectivity index (χ1v) is 4.81. The molecule has 14 heavy (non-hydrogen) atoms. The van der Waals surface area contributed by atoms with Crippen LogP contribution in [0.15, 0.2) is 24.3 Å². The highest BCUT2D eigenvalue weighted by molar-refractivity contribution is 5.79. The van der Waals surface area contributed by atoms with Gasteiger partial charge >= 0.3 is 0 Å². The maximum atomic E-state index is 11.5. The van der Waals surface area contributed by atoms with E-state index in [-0.39, 0.29) is 18.6 Å². The minimum atomic E-state index is 0.109. The maximum absolute atomic E-state index is 11.5. The van der Waals surface area contributed by atoms with E-state index in [1.54, 1.807) is 0 Å². The summed E-state index contributed by atoms with van der Waals surface area (Å²) in [6.45, 7) is 1.64. The highest BCUT2D eigenvalue weighted by Gasteiger charge is 2.36. The van der Waals surface area contributed by atoms with E-state index >= 15 is 0 Å². The Morgan fingerprint density at radius 2 is 2.21 bits per heavy atom. The molecule has 0 aliphatic carbocycles. The van der Waals surface area contributed by atoms with E-state index in [1.165, 1.54) is 11.1 Å². The molecule has 1 fully saturated rings. The van der Waals surface area contributed by atoms with Crippen molar-refractivity contribution in [2.24, 2.45) is 0 Å². The molecule has 0 spiro atoms. The Morgan fingerprint density at radius 1 is 1.36 bits per heavy atom. The molecule has 2 aliphatic heterocycles. The molecule has 1 unspecified atom stereocenters. The molecule has 1 saturated heterocycles. The third-order valence-corrected chi connectivity index (χ3v) is 2.95. The van der Waals surface area contributed by atoms with Crippen LogP contribution in [-0.4, -0.2) is 24.0 Å². The molecule has 0 bridgehead atoms. The normalized spacial score (nSPS) is 24.7. The third-order valence-electron chi connectivity index (χ3n) is 2.95. The molecule has 0 saturated carbocycles. The highest BCUT2D eigenvalue weighted by Crippen LogP contribution is 2.35. The zero-order valence-corrected chi connectivity index (χ0v) is 7.77. The van der Waals surface area contributed by atoms with Gasteiger partial charge in [0.2, 0.25) is 5.91 Å². The van der Waals surface area contributed by atoms with E-state index < -0.39 is 0 Å². The van der Waals surface area contributed by atoms with Gasteiger partial charge in [0.25, 0.3) is 0 Å². The first-order valence-electron chi connectivity index (χ1n) is 4.81. The number of benzene rings is 1. The number of amides is 1. The summed E-state index contributed by atoms with van der Waals surface area (Å²) in [6, 6.07) is 8.36. The fraction of sp³-hybridized carbons (Fsp3) is 0.364. The van der Waals surface area contributed by atoms with Crippen molar-refractivity contribution in [1.82, 2.24) is 4.90 Å². The van der Waals surface area contributed by atoms with E-state index in [4.69, 9.17) is 4.74 Å². The summed E-state index contributed by atoms with van der Waals surface area (Å²) in [7, 11) is 0. The summed E-state index contributed by atoms with van der Waals surface area (Å²) in [5.41, 5.74) is 2.51. The number of carbonyl (C=O) groups excluding carboxylic acids is 1. The van der Waals surface area contributed by atoms with Crippen molar-refractivity contribution in [2.45, 2.75) is 12.6 Å². The largest absolute Gasteiger partial charge is 0.369 e. The molecule has 0 aromatic heterocycles. The maximum Gasteiger partial charge on any atom is 0.249 e. The second kappa shape index (κ2) is 2.82. The summed E-state index contributed by atoms with van der Waals surface area (Å²) in [6.07, 6.45) is 0. The Labute approximate surface area is 82.3 Å². The van der Waals surface area contributed by atoms with Crippen LogP contribution in [0.3, 0.4) is 0 Å². The van der Waals surface area contributed by atoms with Gasteiger partial charge in [0.1, 0.15) is 6.61 Å². The Morgan fingerprint density at radius 3 is 3.14 bits per heavy atom. The van der Waals surface area contributed by atoms with Gasteiger partial charge in [-0.3, -0.25) is 4.79 Å². The van der Waals surface area contributed by atoms with Gasteiger partial charge in [-0.15, -0.1) is 0 Å². The van der Waals surface area contributed by atoms with Crippen molar-refractivity contribution in [3.8, 4) is 0 Å². The van der Waals surface area contributed by atoms with Crippen molar-refractivity contribution in [1.29, 1.82) is 0 Å². The van der Waals surface area contributed by atoms with E-state index in [0.29, 0.717) is 6.61 Å². The number of carbonyl (C=O) groups is 1. The molecule has 3 rings (SSSR count). The van der Waals surface area contributed by atoms with E-state index in [0.717, 1.165) is 6.54 Å². The molecule has 0 N–H and O–H groups in total. The van der Waals surface area contributed by atoms with Gasteiger partial charge in [-0.1, -0.05) is 24.3 Å². The zero-order chi connectivity index (χ0) is 9.54.